The van der Waals surface area contributed by atoms with Crippen molar-refractivity contribution in [3.8, 4) is 11.4 Å². The lowest BCUT2D eigenvalue weighted by atomic mass is 10.2. The van der Waals surface area contributed by atoms with Crippen molar-refractivity contribution in [1.29, 1.82) is 0 Å². The molecule has 0 radical (unpaired) electrons. The van der Waals surface area contributed by atoms with Gasteiger partial charge >= 0.3 is 0 Å². The molecule has 0 fully saturated rings. The second-order valence-corrected chi connectivity index (χ2v) is 4.48. The Morgan fingerprint density at radius 1 is 1.06 bits per heavy atom. The fourth-order valence-corrected chi connectivity index (χ4v) is 2.40. The van der Waals surface area contributed by atoms with Crippen LogP contribution in [-0.4, -0.2) is 9.97 Å². The van der Waals surface area contributed by atoms with Crippen LogP contribution in [0.2, 0.25) is 5.15 Å². The van der Waals surface area contributed by atoms with Gasteiger partial charge in [0.1, 0.15) is 11.0 Å². The van der Waals surface area contributed by atoms with E-state index in [2.05, 4.69) is 9.97 Å². The predicted molar refractivity (Wildman–Crippen MR) is 64.5 cm³/mol. The third-order valence-corrected chi connectivity index (χ3v) is 3.30. The van der Waals surface area contributed by atoms with Crippen molar-refractivity contribution in [2.75, 3.05) is 0 Å². The number of hydrogen-bond acceptors (Lipinski definition) is 2. The van der Waals surface area contributed by atoms with Crippen LogP contribution in [0.4, 0.5) is 4.39 Å². The molecule has 1 aliphatic carbocycles. The number of benzene rings is 1. The van der Waals surface area contributed by atoms with Crippen molar-refractivity contribution in [3.05, 3.63) is 46.5 Å². The first-order valence-corrected chi connectivity index (χ1v) is 5.93. The molecular formula is C13H10ClFN2. The van der Waals surface area contributed by atoms with Crippen molar-refractivity contribution in [2.24, 2.45) is 0 Å². The summed E-state index contributed by atoms with van der Waals surface area (Å²) in [5.41, 5.74) is 2.89. The molecule has 0 saturated heterocycles. The fraction of sp³-hybridized carbons (Fsp3) is 0.231. The lowest BCUT2D eigenvalue weighted by molar-refractivity contribution is 0.628. The van der Waals surface area contributed by atoms with Crippen LogP contribution in [0, 0.1) is 5.82 Å². The molecule has 4 heteroatoms. The van der Waals surface area contributed by atoms with Crippen molar-refractivity contribution in [2.45, 2.75) is 19.3 Å². The minimum Gasteiger partial charge on any atom is -0.233 e. The largest absolute Gasteiger partial charge is 0.233 e. The third-order valence-electron chi connectivity index (χ3n) is 2.99. The fourth-order valence-electron chi connectivity index (χ4n) is 2.11. The summed E-state index contributed by atoms with van der Waals surface area (Å²) in [6.07, 6.45) is 2.99. The van der Waals surface area contributed by atoms with Gasteiger partial charge in [0.05, 0.1) is 0 Å². The lowest BCUT2D eigenvalue weighted by Crippen LogP contribution is -1.97. The van der Waals surface area contributed by atoms with Crippen LogP contribution >= 0.6 is 11.6 Å². The maximum Gasteiger partial charge on any atom is 0.161 e. The van der Waals surface area contributed by atoms with E-state index in [4.69, 9.17) is 11.6 Å². The summed E-state index contributed by atoms with van der Waals surface area (Å²) in [6.45, 7) is 0. The monoisotopic (exact) mass is 248 g/mol. The number of aryl methyl sites for hydroxylation is 1. The van der Waals surface area contributed by atoms with E-state index in [9.17, 15) is 4.39 Å². The molecule has 2 aromatic rings. The minimum atomic E-state index is -0.263. The number of aromatic nitrogens is 2. The first-order valence-electron chi connectivity index (χ1n) is 5.55. The average Bonchev–Trinajstić information content (AvgIpc) is 2.78. The Labute approximate surface area is 103 Å². The Morgan fingerprint density at radius 2 is 1.82 bits per heavy atom. The van der Waals surface area contributed by atoms with E-state index in [0.29, 0.717) is 11.0 Å². The van der Waals surface area contributed by atoms with Gasteiger partial charge in [-0.05, 0) is 43.5 Å². The molecule has 3 rings (SSSR count). The summed E-state index contributed by atoms with van der Waals surface area (Å²) in [7, 11) is 0. The maximum atomic E-state index is 12.8. The van der Waals surface area contributed by atoms with E-state index in [1.54, 1.807) is 12.1 Å². The van der Waals surface area contributed by atoms with Crippen molar-refractivity contribution < 1.29 is 4.39 Å². The van der Waals surface area contributed by atoms with Crippen LogP contribution in [0.1, 0.15) is 17.7 Å². The zero-order valence-electron chi connectivity index (χ0n) is 9.08. The molecule has 1 aliphatic rings. The van der Waals surface area contributed by atoms with Crippen LogP contribution in [0.5, 0.6) is 0 Å². The number of hydrogen-bond donors (Lipinski definition) is 0. The predicted octanol–water partition coefficient (Wildman–Crippen LogP) is 3.42. The Balaban J connectivity index is 2.10. The Morgan fingerprint density at radius 3 is 2.59 bits per heavy atom. The summed E-state index contributed by atoms with van der Waals surface area (Å²) < 4.78 is 12.8. The molecule has 0 N–H and O–H groups in total. The summed E-state index contributed by atoms with van der Waals surface area (Å²) in [5.74, 6) is 0.316. The molecule has 0 spiro atoms. The van der Waals surface area contributed by atoms with E-state index < -0.39 is 0 Å². The van der Waals surface area contributed by atoms with E-state index >= 15 is 0 Å². The van der Waals surface area contributed by atoms with E-state index in [1.165, 1.54) is 12.1 Å². The molecule has 0 bridgehead atoms. The molecular weight excluding hydrogens is 239 g/mol. The second kappa shape index (κ2) is 4.08. The van der Waals surface area contributed by atoms with E-state index in [0.717, 1.165) is 36.1 Å². The van der Waals surface area contributed by atoms with Gasteiger partial charge in [0.2, 0.25) is 0 Å². The third kappa shape index (κ3) is 1.91. The summed E-state index contributed by atoms with van der Waals surface area (Å²) in [4.78, 5) is 8.77. The molecule has 0 amide bonds. The molecule has 0 aliphatic heterocycles. The van der Waals surface area contributed by atoms with Gasteiger partial charge in [0, 0.05) is 16.8 Å². The highest BCUT2D eigenvalue weighted by molar-refractivity contribution is 6.30. The van der Waals surface area contributed by atoms with Crippen molar-refractivity contribution in [3.63, 3.8) is 0 Å². The van der Waals surface area contributed by atoms with E-state index in [-0.39, 0.29) is 5.82 Å². The molecule has 0 unspecified atom stereocenters. The van der Waals surface area contributed by atoms with E-state index in [1.807, 2.05) is 0 Å². The van der Waals surface area contributed by atoms with Gasteiger partial charge in [0.15, 0.2) is 5.82 Å². The van der Waals surface area contributed by atoms with Gasteiger partial charge < -0.3 is 0 Å². The molecule has 2 nitrogen and oxygen atoms in total. The van der Waals surface area contributed by atoms with Crippen LogP contribution in [0.25, 0.3) is 11.4 Å². The highest BCUT2D eigenvalue weighted by Gasteiger charge is 2.18. The summed E-state index contributed by atoms with van der Waals surface area (Å²) in [6, 6.07) is 6.14. The van der Waals surface area contributed by atoms with Crippen molar-refractivity contribution >= 4 is 11.6 Å². The van der Waals surface area contributed by atoms with Crippen LogP contribution in [0.15, 0.2) is 24.3 Å². The smallest absolute Gasteiger partial charge is 0.161 e. The molecule has 86 valence electrons. The molecule has 1 aromatic carbocycles. The van der Waals surface area contributed by atoms with Crippen LogP contribution in [-0.2, 0) is 12.8 Å². The molecule has 1 aromatic heterocycles. The molecule has 17 heavy (non-hydrogen) atoms. The zero-order chi connectivity index (χ0) is 11.8. The molecule has 0 atom stereocenters. The molecule has 1 heterocycles. The van der Waals surface area contributed by atoms with Crippen LogP contribution in [0.3, 0.4) is 0 Å². The lowest BCUT2D eigenvalue weighted by Gasteiger charge is -2.05. The first-order chi connectivity index (χ1) is 8.24. The standard InChI is InChI=1S/C13H10ClFN2/c14-12-10-2-1-3-11(10)16-13(17-12)8-4-6-9(15)7-5-8/h4-7H,1-3H2. The van der Waals surface area contributed by atoms with Gasteiger partial charge in [-0.3, -0.25) is 0 Å². The number of rotatable bonds is 1. The highest BCUT2D eigenvalue weighted by Crippen LogP contribution is 2.28. The zero-order valence-corrected chi connectivity index (χ0v) is 9.84. The van der Waals surface area contributed by atoms with Gasteiger partial charge in [-0.25, -0.2) is 14.4 Å². The Hall–Kier alpha value is -1.48. The quantitative estimate of drug-likeness (QED) is 0.723. The van der Waals surface area contributed by atoms with Crippen LogP contribution < -0.4 is 0 Å². The van der Waals surface area contributed by atoms with Gasteiger partial charge in [-0.1, -0.05) is 11.6 Å². The first kappa shape index (κ1) is 10.7. The second-order valence-electron chi connectivity index (χ2n) is 4.12. The minimum absolute atomic E-state index is 0.263. The summed E-state index contributed by atoms with van der Waals surface area (Å²) >= 11 is 6.13. The summed E-state index contributed by atoms with van der Waals surface area (Å²) in [5, 5.41) is 0.534. The number of halogens is 2. The topological polar surface area (TPSA) is 25.8 Å². The Bertz CT molecular complexity index is 566. The molecule has 0 saturated carbocycles. The van der Waals surface area contributed by atoms with Gasteiger partial charge in [-0.15, -0.1) is 0 Å². The SMILES string of the molecule is Fc1ccc(-c2nc(Cl)c3c(n2)CCC3)cc1. The number of fused-ring (bicyclic) bond motifs is 1. The maximum absolute atomic E-state index is 12.8. The van der Waals surface area contributed by atoms with Gasteiger partial charge in [0.25, 0.3) is 0 Å². The van der Waals surface area contributed by atoms with Gasteiger partial charge in [-0.2, -0.15) is 0 Å². The highest BCUT2D eigenvalue weighted by atomic mass is 35.5. The number of nitrogens with zero attached hydrogens (tertiary/aromatic N) is 2. The average molecular weight is 249 g/mol. The van der Waals surface area contributed by atoms with Crippen molar-refractivity contribution in [1.82, 2.24) is 9.97 Å². The normalized spacial score (nSPS) is 13.8. The Kier molecular flexibility index (Phi) is 2.56.